The Hall–Kier alpha value is -0.670. The van der Waals surface area contributed by atoms with E-state index >= 15 is 0 Å². The molecule has 0 aliphatic heterocycles. The van der Waals surface area contributed by atoms with Gasteiger partial charge in [-0.25, -0.2) is 0 Å². The molecular weight excluding hydrogens is 208 g/mol. The highest BCUT2D eigenvalue weighted by atomic mass is 32.2. The van der Waals surface area contributed by atoms with Crippen LogP contribution < -0.4 is 4.74 Å². The Labute approximate surface area is 95.7 Å². The minimum atomic E-state index is 0.217. The molecule has 0 radical (unpaired) electrons. The summed E-state index contributed by atoms with van der Waals surface area (Å²) in [4.78, 5) is 1.27. The maximum Gasteiger partial charge on any atom is 0.122 e. The number of aliphatic hydroxyl groups excluding tert-OH is 1. The third kappa shape index (κ3) is 2.67. The van der Waals surface area contributed by atoms with Crippen molar-refractivity contribution in [2.75, 3.05) is 19.5 Å². The molecule has 0 heterocycles. The molecule has 1 aromatic carbocycles. The van der Waals surface area contributed by atoms with Crippen LogP contribution in [0.3, 0.4) is 0 Å². The summed E-state index contributed by atoms with van der Waals surface area (Å²) in [5, 5.41) is 8.83. The van der Waals surface area contributed by atoms with E-state index in [0.29, 0.717) is 0 Å². The van der Waals surface area contributed by atoms with E-state index in [4.69, 9.17) is 9.84 Å². The molecule has 0 aliphatic carbocycles. The summed E-state index contributed by atoms with van der Waals surface area (Å²) in [6, 6.07) is 2.06. The normalized spacial score (nSPS) is 10.5. The van der Waals surface area contributed by atoms with Gasteiger partial charge in [0.15, 0.2) is 0 Å². The fourth-order valence-corrected chi connectivity index (χ4v) is 2.55. The lowest BCUT2D eigenvalue weighted by molar-refractivity contribution is 0.322. The highest BCUT2D eigenvalue weighted by Gasteiger charge is 2.10. The van der Waals surface area contributed by atoms with Crippen LogP contribution in [0, 0.1) is 20.8 Å². The van der Waals surface area contributed by atoms with Crippen molar-refractivity contribution in [1.82, 2.24) is 0 Å². The molecule has 2 nitrogen and oxygen atoms in total. The topological polar surface area (TPSA) is 29.5 Å². The standard InChI is InChI=1S/C12H18O2S/c1-8-7-11(14-4)9(2)10(3)12(8)15-6-5-13/h7,13H,5-6H2,1-4H3. The number of rotatable bonds is 4. The Kier molecular flexibility index (Phi) is 4.48. The quantitative estimate of drug-likeness (QED) is 0.800. The third-order valence-electron chi connectivity index (χ3n) is 2.54. The van der Waals surface area contributed by atoms with Gasteiger partial charge in [0, 0.05) is 10.6 Å². The molecule has 0 saturated carbocycles. The van der Waals surface area contributed by atoms with E-state index in [0.717, 1.165) is 11.5 Å². The molecule has 15 heavy (non-hydrogen) atoms. The molecule has 0 saturated heterocycles. The van der Waals surface area contributed by atoms with Crippen molar-refractivity contribution >= 4 is 11.8 Å². The molecule has 0 unspecified atom stereocenters. The van der Waals surface area contributed by atoms with E-state index in [2.05, 4.69) is 26.8 Å². The zero-order chi connectivity index (χ0) is 11.4. The summed E-state index contributed by atoms with van der Waals surface area (Å²) in [6.45, 7) is 6.46. The van der Waals surface area contributed by atoms with Crippen molar-refractivity contribution in [2.24, 2.45) is 0 Å². The van der Waals surface area contributed by atoms with Crippen LogP contribution in [0.1, 0.15) is 16.7 Å². The first-order valence-corrected chi connectivity index (χ1v) is 5.98. The summed E-state index contributed by atoms with van der Waals surface area (Å²) in [5.74, 6) is 1.69. The molecule has 1 aromatic rings. The lowest BCUT2D eigenvalue weighted by Crippen LogP contribution is -1.96. The minimum Gasteiger partial charge on any atom is -0.496 e. The van der Waals surface area contributed by atoms with Crippen molar-refractivity contribution in [1.29, 1.82) is 0 Å². The van der Waals surface area contributed by atoms with Gasteiger partial charge in [0.2, 0.25) is 0 Å². The van der Waals surface area contributed by atoms with E-state index in [1.807, 2.05) is 0 Å². The molecular formula is C12H18O2S. The van der Waals surface area contributed by atoms with Gasteiger partial charge < -0.3 is 9.84 Å². The second-order valence-electron chi connectivity index (χ2n) is 3.55. The number of ether oxygens (including phenoxy) is 1. The van der Waals surface area contributed by atoms with Crippen molar-refractivity contribution in [3.63, 3.8) is 0 Å². The van der Waals surface area contributed by atoms with Crippen molar-refractivity contribution in [3.05, 3.63) is 22.8 Å². The Morgan fingerprint density at radius 1 is 1.27 bits per heavy atom. The fourth-order valence-electron chi connectivity index (χ4n) is 1.60. The van der Waals surface area contributed by atoms with E-state index < -0.39 is 0 Å². The summed E-state index contributed by atoms with van der Waals surface area (Å²) in [6.07, 6.45) is 0. The average Bonchev–Trinajstić information content (AvgIpc) is 2.23. The highest BCUT2D eigenvalue weighted by Crippen LogP contribution is 2.33. The molecule has 0 bridgehead atoms. The first kappa shape index (κ1) is 12.4. The van der Waals surface area contributed by atoms with Crippen LogP contribution >= 0.6 is 11.8 Å². The first-order chi connectivity index (χ1) is 7.11. The molecule has 0 spiro atoms. The van der Waals surface area contributed by atoms with Gasteiger partial charge in [0.05, 0.1) is 13.7 Å². The molecule has 0 fully saturated rings. The molecule has 3 heteroatoms. The molecule has 0 aliphatic rings. The number of aliphatic hydroxyl groups is 1. The largest absolute Gasteiger partial charge is 0.496 e. The van der Waals surface area contributed by atoms with Gasteiger partial charge in [-0.3, -0.25) is 0 Å². The van der Waals surface area contributed by atoms with Gasteiger partial charge in [0.1, 0.15) is 5.75 Å². The molecule has 0 amide bonds. The fraction of sp³-hybridized carbons (Fsp3) is 0.500. The predicted octanol–water partition coefficient (Wildman–Crippen LogP) is 2.70. The molecule has 84 valence electrons. The van der Waals surface area contributed by atoms with Crippen LogP contribution in [0.5, 0.6) is 5.75 Å². The van der Waals surface area contributed by atoms with E-state index in [9.17, 15) is 0 Å². The van der Waals surface area contributed by atoms with Gasteiger partial charge in [-0.05, 0) is 43.5 Å². The summed E-state index contributed by atoms with van der Waals surface area (Å²) < 4.78 is 5.31. The third-order valence-corrected chi connectivity index (χ3v) is 3.84. The maximum absolute atomic E-state index is 8.83. The number of thioether (sulfide) groups is 1. The van der Waals surface area contributed by atoms with Crippen molar-refractivity contribution in [3.8, 4) is 5.75 Å². The Bertz CT molecular complexity index is 348. The second kappa shape index (κ2) is 5.42. The van der Waals surface area contributed by atoms with Crippen LogP contribution in [0.4, 0.5) is 0 Å². The van der Waals surface area contributed by atoms with Crippen LogP contribution in [0.25, 0.3) is 0 Å². The second-order valence-corrected chi connectivity index (χ2v) is 4.65. The Balaban J connectivity index is 3.11. The number of methoxy groups -OCH3 is 1. The smallest absolute Gasteiger partial charge is 0.122 e. The monoisotopic (exact) mass is 226 g/mol. The van der Waals surface area contributed by atoms with E-state index in [1.165, 1.54) is 21.6 Å². The zero-order valence-corrected chi connectivity index (χ0v) is 10.6. The SMILES string of the molecule is COc1cc(C)c(SCCO)c(C)c1C. The van der Waals surface area contributed by atoms with Gasteiger partial charge >= 0.3 is 0 Å². The van der Waals surface area contributed by atoms with E-state index in [1.54, 1.807) is 18.9 Å². The first-order valence-electron chi connectivity index (χ1n) is 5.00. The number of benzene rings is 1. The molecule has 0 atom stereocenters. The van der Waals surface area contributed by atoms with Crippen LogP contribution in [0.15, 0.2) is 11.0 Å². The van der Waals surface area contributed by atoms with Crippen molar-refractivity contribution < 1.29 is 9.84 Å². The molecule has 0 aromatic heterocycles. The van der Waals surface area contributed by atoms with E-state index in [-0.39, 0.29) is 6.61 Å². The average molecular weight is 226 g/mol. The van der Waals surface area contributed by atoms with Gasteiger partial charge in [-0.15, -0.1) is 11.8 Å². The van der Waals surface area contributed by atoms with Crippen LogP contribution in [-0.2, 0) is 0 Å². The Morgan fingerprint density at radius 2 is 1.93 bits per heavy atom. The number of hydrogen-bond acceptors (Lipinski definition) is 3. The zero-order valence-electron chi connectivity index (χ0n) is 9.76. The van der Waals surface area contributed by atoms with Gasteiger partial charge in [0.25, 0.3) is 0 Å². The Morgan fingerprint density at radius 3 is 2.47 bits per heavy atom. The summed E-state index contributed by atoms with van der Waals surface area (Å²) >= 11 is 1.70. The molecule has 1 N–H and O–H groups in total. The lowest BCUT2D eigenvalue weighted by Gasteiger charge is -2.15. The highest BCUT2D eigenvalue weighted by molar-refractivity contribution is 7.99. The predicted molar refractivity (Wildman–Crippen MR) is 65.0 cm³/mol. The molecule has 1 rings (SSSR count). The maximum atomic E-state index is 8.83. The minimum absolute atomic E-state index is 0.217. The van der Waals surface area contributed by atoms with Crippen LogP contribution in [-0.4, -0.2) is 24.6 Å². The summed E-state index contributed by atoms with van der Waals surface area (Å²) in [5.41, 5.74) is 3.65. The summed E-state index contributed by atoms with van der Waals surface area (Å²) in [7, 11) is 1.70. The van der Waals surface area contributed by atoms with Crippen molar-refractivity contribution in [2.45, 2.75) is 25.7 Å². The number of hydrogen-bond donors (Lipinski definition) is 1. The van der Waals surface area contributed by atoms with Gasteiger partial charge in [-0.2, -0.15) is 0 Å². The van der Waals surface area contributed by atoms with Gasteiger partial charge in [-0.1, -0.05) is 0 Å². The number of aryl methyl sites for hydroxylation is 1. The lowest BCUT2D eigenvalue weighted by atomic mass is 10.1. The van der Waals surface area contributed by atoms with Crippen LogP contribution in [0.2, 0.25) is 0 Å².